The summed E-state index contributed by atoms with van der Waals surface area (Å²) in [5, 5.41) is 0. The minimum atomic E-state index is 0.412. The molecule has 2 rings (SSSR count). The molecule has 2 N–H and O–H groups in total. The molecule has 0 aromatic rings. The Morgan fingerprint density at radius 3 is 2.40 bits per heavy atom. The number of nitrogens with zero attached hydrogens (tertiary/aromatic N) is 1. The Hall–Kier alpha value is -0.0800. The molecular formula is C18H36N2. The van der Waals surface area contributed by atoms with Crippen molar-refractivity contribution in [1.29, 1.82) is 0 Å². The SMILES string of the molecule is CC(C)CN(CC1(CN)CCCC(C)C1)C1CCCC1. The Bertz CT molecular complexity index is 283. The van der Waals surface area contributed by atoms with Crippen LogP contribution in [0.4, 0.5) is 0 Å². The average molecular weight is 280 g/mol. The molecule has 0 aromatic carbocycles. The molecule has 2 aliphatic carbocycles. The van der Waals surface area contributed by atoms with E-state index < -0.39 is 0 Å². The van der Waals surface area contributed by atoms with Crippen LogP contribution in [-0.2, 0) is 0 Å². The second kappa shape index (κ2) is 7.26. The summed E-state index contributed by atoms with van der Waals surface area (Å²) < 4.78 is 0. The second-order valence-electron chi connectivity index (χ2n) is 8.17. The molecule has 0 aliphatic heterocycles. The van der Waals surface area contributed by atoms with E-state index in [0.29, 0.717) is 5.41 Å². The van der Waals surface area contributed by atoms with Gasteiger partial charge < -0.3 is 5.73 Å². The van der Waals surface area contributed by atoms with Gasteiger partial charge in [-0.2, -0.15) is 0 Å². The predicted octanol–water partition coefficient (Wildman–Crippen LogP) is 4.04. The van der Waals surface area contributed by atoms with Crippen LogP contribution in [0.5, 0.6) is 0 Å². The first kappa shape index (κ1) is 16.3. The molecule has 2 unspecified atom stereocenters. The van der Waals surface area contributed by atoms with Crippen LogP contribution in [-0.4, -0.2) is 30.6 Å². The Morgan fingerprint density at radius 2 is 1.85 bits per heavy atom. The van der Waals surface area contributed by atoms with Gasteiger partial charge in [-0.15, -0.1) is 0 Å². The van der Waals surface area contributed by atoms with Crippen molar-refractivity contribution >= 4 is 0 Å². The minimum Gasteiger partial charge on any atom is -0.330 e. The highest BCUT2D eigenvalue weighted by molar-refractivity contribution is 4.91. The molecule has 0 spiro atoms. The molecule has 20 heavy (non-hydrogen) atoms. The van der Waals surface area contributed by atoms with Gasteiger partial charge in [0.05, 0.1) is 0 Å². The van der Waals surface area contributed by atoms with Crippen LogP contribution in [0.15, 0.2) is 0 Å². The predicted molar refractivity (Wildman–Crippen MR) is 87.8 cm³/mol. The minimum absolute atomic E-state index is 0.412. The van der Waals surface area contributed by atoms with Gasteiger partial charge in [-0.1, -0.05) is 46.5 Å². The number of hydrogen-bond donors (Lipinski definition) is 1. The zero-order valence-corrected chi connectivity index (χ0v) is 14.0. The monoisotopic (exact) mass is 280 g/mol. The first-order valence-corrected chi connectivity index (χ1v) is 8.99. The summed E-state index contributed by atoms with van der Waals surface area (Å²) in [7, 11) is 0. The fraction of sp³-hybridized carbons (Fsp3) is 1.00. The zero-order valence-electron chi connectivity index (χ0n) is 14.0. The third-order valence-corrected chi connectivity index (χ3v) is 5.60. The molecule has 0 heterocycles. The Kier molecular flexibility index (Phi) is 5.92. The standard InChI is InChI=1S/C18H36N2/c1-15(2)12-20(17-8-4-5-9-17)14-18(13-19)10-6-7-16(3)11-18/h15-17H,4-14,19H2,1-3H3. The van der Waals surface area contributed by atoms with Gasteiger partial charge in [-0.25, -0.2) is 0 Å². The van der Waals surface area contributed by atoms with Gasteiger partial charge in [-0.3, -0.25) is 4.90 Å². The van der Waals surface area contributed by atoms with E-state index >= 15 is 0 Å². The molecule has 118 valence electrons. The molecule has 2 heteroatoms. The highest BCUT2D eigenvalue weighted by Gasteiger charge is 2.37. The van der Waals surface area contributed by atoms with Crippen molar-refractivity contribution in [2.24, 2.45) is 23.0 Å². The van der Waals surface area contributed by atoms with Crippen molar-refractivity contribution in [3.8, 4) is 0 Å². The normalized spacial score (nSPS) is 32.4. The molecule has 0 radical (unpaired) electrons. The van der Waals surface area contributed by atoms with Crippen molar-refractivity contribution in [2.75, 3.05) is 19.6 Å². The largest absolute Gasteiger partial charge is 0.330 e. The van der Waals surface area contributed by atoms with E-state index in [2.05, 4.69) is 25.7 Å². The number of rotatable bonds is 6. The Balaban J connectivity index is 2.03. The molecule has 2 atom stereocenters. The topological polar surface area (TPSA) is 29.3 Å². The summed E-state index contributed by atoms with van der Waals surface area (Å²) in [4.78, 5) is 2.82. The van der Waals surface area contributed by atoms with Crippen LogP contribution in [0.2, 0.25) is 0 Å². The summed E-state index contributed by atoms with van der Waals surface area (Å²) in [6.45, 7) is 10.6. The van der Waals surface area contributed by atoms with Crippen molar-refractivity contribution in [3.63, 3.8) is 0 Å². The lowest BCUT2D eigenvalue weighted by Crippen LogP contribution is -2.49. The average Bonchev–Trinajstić information content (AvgIpc) is 2.91. The fourth-order valence-corrected chi connectivity index (χ4v) is 4.67. The maximum absolute atomic E-state index is 6.25. The lowest BCUT2D eigenvalue weighted by atomic mass is 9.69. The number of nitrogens with two attached hydrogens (primary N) is 1. The van der Waals surface area contributed by atoms with Gasteiger partial charge in [0.2, 0.25) is 0 Å². The van der Waals surface area contributed by atoms with Crippen LogP contribution >= 0.6 is 0 Å². The van der Waals surface area contributed by atoms with Crippen LogP contribution in [0.25, 0.3) is 0 Å². The zero-order chi connectivity index (χ0) is 14.6. The first-order valence-electron chi connectivity index (χ1n) is 8.99. The fourth-order valence-electron chi connectivity index (χ4n) is 4.67. The Labute approximate surface area is 126 Å². The summed E-state index contributed by atoms with van der Waals surface area (Å²) in [6.07, 6.45) is 11.2. The maximum Gasteiger partial charge on any atom is 0.00956 e. The summed E-state index contributed by atoms with van der Waals surface area (Å²) in [5.41, 5.74) is 6.66. The molecule has 0 saturated heterocycles. The van der Waals surface area contributed by atoms with Crippen molar-refractivity contribution in [3.05, 3.63) is 0 Å². The van der Waals surface area contributed by atoms with E-state index in [0.717, 1.165) is 24.4 Å². The van der Waals surface area contributed by atoms with E-state index in [9.17, 15) is 0 Å². The molecule has 0 amide bonds. The second-order valence-corrected chi connectivity index (χ2v) is 8.17. The van der Waals surface area contributed by atoms with Gasteiger partial charge in [0.15, 0.2) is 0 Å². The highest BCUT2D eigenvalue weighted by Crippen LogP contribution is 2.40. The van der Waals surface area contributed by atoms with Gasteiger partial charge in [0, 0.05) is 19.1 Å². The van der Waals surface area contributed by atoms with Crippen LogP contribution in [0.1, 0.15) is 72.1 Å². The van der Waals surface area contributed by atoms with Crippen LogP contribution in [0.3, 0.4) is 0 Å². The van der Waals surface area contributed by atoms with Gasteiger partial charge in [0.25, 0.3) is 0 Å². The summed E-state index contributed by atoms with van der Waals surface area (Å²) >= 11 is 0. The summed E-state index contributed by atoms with van der Waals surface area (Å²) in [5.74, 6) is 1.64. The molecule has 2 saturated carbocycles. The molecular weight excluding hydrogens is 244 g/mol. The molecule has 2 aliphatic rings. The van der Waals surface area contributed by atoms with Gasteiger partial charge in [-0.05, 0) is 49.5 Å². The molecule has 2 fully saturated rings. The highest BCUT2D eigenvalue weighted by atomic mass is 15.2. The third-order valence-electron chi connectivity index (χ3n) is 5.60. The van der Waals surface area contributed by atoms with Gasteiger partial charge >= 0.3 is 0 Å². The van der Waals surface area contributed by atoms with E-state index in [1.165, 1.54) is 64.5 Å². The van der Waals surface area contributed by atoms with Crippen LogP contribution < -0.4 is 5.73 Å². The lowest BCUT2D eigenvalue weighted by Gasteiger charge is -2.45. The smallest absolute Gasteiger partial charge is 0.00956 e. The molecule has 2 nitrogen and oxygen atoms in total. The van der Waals surface area contributed by atoms with Crippen molar-refractivity contribution in [1.82, 2.24) is 4.90 Å². The van der Waals surface area contributed by atoms with E-state index in [1.54, 1.807) is 0 Å². The third kappa shape index (κ3) is 4.21. The van der Waals surface area contributed by atoms with Crippen molar-refractivity contribution < 1.29 is 0 Å². The van der Waals surface area contributed by atoms with E-state index in [4.69, 9.17) is 5.73 Å². The van der Waals surface area contributed by atoms with E-state index in [-0.39, 0.29) is 0 Å². The Morgan fingerprint density at radius 1 is 1.15 bits per heavy atom. The first-order chi connectivity index (χ1) is 9.54. The summed E-state index contributed by atoms with van der Waals surface area (Å²) in [6, 6.07) is 0.845. The number of hydrogen-bond acceptors (Lipinski definition) is 2. The van der Waals surface area contributed by atoms with Gasteiger partial charge in [0.1, 0.15) is 0 Å². The lowest BCUT2D eigenvalue weighted by molar-refractivity contribution is 0.0579. The molecule has 0 aromatic heterocycles. The van der Waals surface area contributed by atoms with Crippen LogP contribution in [0, 0.1) is 17.3 Å². The quantitative estimate of drug-likeness (QED) is 0.795. The van der Waals surface area contributed by atoms with Crippen molar-refractivity contribution in [2.45, 2.75) is 78.2 Å². The maximum atomic E-state index is 6.25. The molecule has 0 bridgehead atoms. The van der Waals surface area contributed by atoms with E-state index in [1.807, 2.05) is 0 Å².